The number of rotatable bonds is 5. The number of nitrogens with zero attached hydrogens (tertiary/aromatic N) is 2. The second kappa shape index (κ2) is 7.05. The van der Waals surface area contributed by atoms with Crippen LogP contribution in [0.2, 0.25) is 5.02 Å². The van der Waals surface area contributed by atoms with Gasteiger partial charge in [0.2, 0.25) is 5.91 Å². The van der Waals surface area contributed by atoms with Gasteiger partial charge >= 0.3 is 0 Å². The Morgan fingerprint density at radius 1 is 1.39 bits per heavy atom. The van der Waals surface area contributed by atoms with E-state index in [1.807, 2.05) is 0 Å². The first-order valence-corrected chi connectivity index (χ1v) is 9.65. The maximum Gasteiger partial charge on any atom is 0.270 e. The Bertz CT molecular complexity index is 970. The maximum absolute atomic E-state index is 12.4. The number of furan rings is 1. The predicted octanol–water partition coefficient (Wildman–Crippen LogP) is 4.78. The summed E-state index contributed by atoms with van der Waals surface area (Å²) in [5.74, 6) is 1.28. The lowest BCUT2D eigenvalue weighted by Crippen LogP contribution is -2.22. The van der Waals surface area contributed by atoms with E-state index in [1.165, 1.54) is 37.3 Å². The normalized spacial score (nSPS) is 26.1. The molecule has 0 bridgehead atoms. The van der Waals surface area contributed by atoms with Crippen LogP contribution in [0.1, 0.15) is 38.4 Å². The van der Waals surface area contributed by atoms with E-state index < -0.39 is 4.92 Å². The summed E-state index contributed by atoms with van der Waals surface area (Å²) in [4.78, 5) is 22.9. The molecular formula is C20H20ClN3O4. The number of nitro benzene ring substituents is 1. The zero-order chi connectivity index (χ0) is 19.9. The second-order valence-corrected chi connectivity index (χ2v) is 8.10. The molecular weight excluding hydrogens is 382 g/mol. The van der Waals surface area contributed by atoms with Gasteiger partial charge in [-0.05, 0) is 42.4 Å². The van der Waals surface area contributed by atoms with Gasteiger partial charge in [0.15, 0.2) is 0 Å². The first-order valence-electron chi connectivity index (χ1n) is 9.27. The Balaban J connectivity index is 1.42. The van der Waals surface area contributed by atoms with Gasteiger partial charge in [0.1, 0.15) is 11.5 Å². The summed E-state index contributed by atoms with van der Waals surface area (Å²) in [7, 11) is 0. The van der Waals surface area contributed by atoms with Gasteiger partial charge < -0.3 is 4.42 Å². The van der Waals surface area contributed by atoms with Crippen LogP contribution in [0.4, 0.5) is 5.69 Å². The number of halogens is 1. The quantitative estimate of drug-likeness (QED) is 0.442. The van der Waals surface area contributed by atoms with Crippen molar-refractivity contribution < 1.29 is 14.1 Å². The van der Waals surface area contributed by atoms with Crippen LogP contribution in [0.15, 0.2) is 39.9 Å². The molecule has 1 heterocycles. The minimum Gasteiger partial charge on any atom is -0.455 e. The van der Waals surface area contributed by atoms with Crippen molar-refractivity contribution in [2.75, 3.05) is 0 Å². The zero-order valence-electron chi connectivity index (χ0n) is 15.4. The van der Waals surface area contributed by atoms with Crippen molar-refractivity contribution >= 4 is 29.4 Å². The summed E-state index contributed by atoms with van der Waals surface area (Å²) in [6.45, 7) is 2.19. The van der Waals surface area contributed by atoms with E-state index in [0.717, 1.165) is 12.8 Å². The van der Waals surface area contributed by atoms with Crippen molar-refractivity contribution in [1.82, 2.24) is 5.43 Å². The summed E-state index contributed by atoms with van der Waals surface area (Å²) in [6, 6.07) is 7.48. The molecule has 8 heteroatoms. The number of hydrogen-bond acceptors (Lipinski definition) is 5. The van der Waals surface area contributed by atoms with Gasteiger partial charge in [-0.2, -0.15) is 5.10 Å². The molecule has 0 spiro atoms. The summed E-state index contributed by atoms with van der Waals surface area (Å²) in [5.41, 5.74) is 3.10. The van der Waals surface area contributed by atoms with Gasteiger partial charge in [-0.1, -0.05) is 31.4 Å². The molecule has 0 saturated heterocycles. The first-order chi connectivity index (χ1) is 13.4. The van der Waals surface area contributed by atoms with E-state index >= 15 is 0 Å². The summed E-state index contributed by atoms with van der Waals surface area (Å²) < 4.78 is 5.65. The van der Waals surface area contributed by atoms with Gasteiger partial charge in [0, 0.05) is 23.6 Å². The van der Waals surface area contributed by atoms with Gasteiger partial charge in [0.05, 0.1) is 16.2 Å². The van der Waals surface area contributed by atoms with E-state index in [0.29, 0.717) is 28.0 Å². The average molecular weight is 402 g/mol. The molecule has 0 unspecified atom stereocenters. The highest BCUT2D eigenvalue weighted by Crippen LogP contribution is 2.66. The number of non-ortho nitro benzene ring substituents is 1. The van der Waals surface area contributed by atoms with E-state index in [1.54, 1.807) is 12.1 Å². The standard InChI is InChI=1S/C20H20ClN3O4/c1-20-9-3-2-4-15(20)18(20)19(25)23-22-11-13-6-8-17(28-13)14-10-12(24(26)27)5-7-16(14)21/h5-8,10-11,15,18H,2-4,9H2,1H3,(H,23,25)/b22-11-/t15-,18-,20-/m1/s1. The Morgan fingerprint density at radius 2 is 2.21 bits per heavy atom. The largest absolute Gasteiger partial charge is 0.455 e. The zero-order valence-corrected chi connectivity index (χ0v) is 16.1. The number of nitrogens with one attached hydrogen (secondary N) is 1. The SMILES string of the molecule is C[C@@]12CCCC[C@@H]1[C@@H]2C(=O)N/N=C\c1ccc(-c2cc([N+](=O)[O-])ccc2Cl)o1. The Kier molecular flexibility index (Phi) is 4.71. The number of hydrazone groups is 1. The molecule has 3 atom stereocenters. The molecule has 4 rings (SSSR count). The molecule has 28 heavy (non-hydrogen) atoms. The fraction of sp³-hybridized carbons (Fsp3) is 0.400. The van der Waals surface area contributed by atoms with Gasteiger partial charge in [-0.15, -0.1) is 0 Å². The monoisotopic (exact) mass is 401 g/mol. The Morgan fingerprint density at radius 3 is 2.93 bits per heavy atom. The molecule has 2 aliphatic carbocycles. The highest BCUT2D eigenvalue weighted by Gasteiger charge is 2.64. The van der Waals surface area contributed by atoms with Crippen molar-refractivity contribution in [2.45, 2.75) is 32.6 Å². The lowest BCUT2D eigenvalue weighted by atomic mass is 9.90. The van der Waals surface area contributed by atoms with Gasteiger partial charge in [-0.25, -0.2) is 5.43 Å². The predicted molar refractivity (Wildman–Crippen MR) is 105 cm³/mol. The molecule has 0 radical (unpaired) electrons. The second-order valence-electron chi connectivity index (χ2n) is 7.69. The van der Waals surface area contributed by atoms with Crippen molar-refractivity contribution in [2.24, 2.45) is 22.4 Å². The third kappa shape index (κ3) is 3.30. The topological polar surface area (TPSA) is 97.7 Å². The minimum absolute atomic E-state index is 0.0424. The molecule has 2 fully saturated rings. The molecule has 1 N–H and O–H groups in total. The van der Waals surface area contributed by atoms with Crippen molar-refractivity contribution in [3.8, 4) is 11.3 Å². The minimum atomic E-state index is -0.489. The smallest absolute Gasteiger partial charge is 0.270 e. The highest BCUT2D eigenvalue weighted by atomic mass is 35.5. The molecule has 1 amide bonds. The number of fused-ring (bicyclic) bond motifs is 1. The molecule has 0 aliphatic heterocycles. The summed E-state index contributed by atoms with van der Waals surface area (Å²) >= 11 is 6.13. The lowest BCUT2D eigenvalue weighted by molar-refractivity contribution is -0.384. The first kappa shape index (κ1) is 18.7. The molecule has 2 aliphatic rings. The van der Waals surface area contributed by atoms with Crippen molar-refractivity contribution in [3.63, 3.8) is 0 Å². The molecule has 7 nitrogen and oxygen atoms in total. The summed E-state index contributed by atoms with van der Waals surface area (Å²) in [6.07, 6.45) is 6.02. The fourth-order valence-electron chi connectivity index (χ4n) is 4.46. The van der Waals surface area contributed by atoms with Crippen LogP contribution in [0.25, 0.3) is 11.3 Å². The van der Waals surface area contributed by atoms with Crippen LogP contribution in [-0.2, 0) is 4.79 Å². The number of carbonyl (C=O) groups is 1. The number of carbonyl (C=O) groups excluding carboxylic acids is 1. The van der Waals surface area contributed by atoms with Crippen molar-refractivity contribution in [1.29, 1.82) is 0 Å². The molecule has 1 aromatic heterocycles. The number of nitro groups is 1. The molecule has 2 aromatic rings. The maximum atomic E-state index is 12.4. The van der Waals surface area contributed by atoms with Gasteiger partial charge in [0.25, 0.3) is 5.69 Å². The molecule has 146 valence electrons. The van der Waals surface area contributed by atoms with Crippen LogP contribution in [0.5, 0.6) is 0 Å². The lowest BCUT2D eigenvalue weighted by Gasteiger charge is -2.15. The average Bonchev–Trinajstić information content (AvgIpc) is 3.03. The summed E-state index contributed by atoms with van der Waals surface area (Å²) in [5, 5.41) is 15.3. The Hall–Kier alpha value is -2.67. The van der Waals surface area contributed by atoms with Crippen molar-refractivity contribution in [3.05, 3.63) is 51.2 Å². The van der Waals surface area contributed by atoms with Crippen LogP contribution in [-0.4, -0.2) is 17.0 Å². The van der Waals surface area contributed by atoms with Gasteiger partial charge in [-0.3, -0.25) is 14.9 Å². The van der Waals surface area contributed by atoms with Crippen LogP contribution < -0.4 is 5.43 Å². The number of benzene rings is 1. The molecule has 2 saturated carbocycles. The molecule has 1 aromatic carbocycles. The van der Waals surface area contributed by atoms with E-state index in [-0.39, 0.29) is 22.9 Å². The van der Waals surface area contributed by atoms with Crippen LogP contribution >= 0.6 is 11.6 Å². The van der Waals surface area contributed by atoms with Crippen LogP contribution in [0.3, 0.4) is 0 Å². The number of amides is 1. The van der Waals surface area contributed by atoms with E-state index in [9.17, 15) is 14.9 Å². The third-order valence-electron chi connectivity index (χ3n) is 6.03. The third-order valence-corrected chi connectivity index (χ3v) is 6.36. The fourth-order valence-corrected chi connectivity index (χ4v) is 4.67. The highest BCUT2D eigenvalue weighted by molar-refractivity contribution is 6.33. The Labute approximate surface area is 166 Å². The number of hydrogen-bond donors (Lipinski definition) is 1. The van der Waals surface area contributed by atoms with E-state index in [2.05, 4.69) is 17.5 Å². The van der Waals surface area contributed by atoms with E-state index in [4.69, 9.17) is 16.0 Å². The van der Waals surface area contributed by atoms with Crippen LogP contribution in [0, 0.1) is 27.4 Å².